The van der Waals surface area contributed by atoms with Gasteiger partial charge in [-0.2, -0.15) is 0 Å². The Bertz CT molecular complexity index is 638. The quantitative estimate of drug-likeness (QED) is 0.868. The van der Waals surface area contributed by atoms with Gasteiger partial charge in [-0.05, 0) is 37.6 Å². The Labute approximate surface area is 110 Å². The van der Waals surface area contributed by atoms with Gasteiger partial charge in [0.15, 0.2) is 0 Å². The van der Waals surface area contributed by atoms with Gasteiger partial charge in [-0.3, -0.25) is 4.79 Å². The minimum absolute atomic E-state index is 0.0611. The van der Waals surface area contributed by atoms with E-state index < -0.39 is 5.91 Å². The standard InChI is InChI=1S/C15H14FNO2/c1-9-5-3-6-11(14(9)18)15(19)17-13-8-4-7-12(16)10(13)2/h3-8,18H,1-2H3,(H,17,19). The van der Waals surface area contributed by atoms with E-state index >= 15 is 0 Å². The van der Waals surface area contributed by atoms with Crippen LogP contribution in [0.5, 0.6) is 5.75 Å². The molecule has 0 aliphatic carbocycles. The summed E-state index contributed by atoms with van der Waals surface area (Å²) in [5, 5.41) is 12.4. The summed E-state index contributed by atoms with van der Waals surface area (Å²) in [5.41, 5.74) is 1.54. The molecular formula is C15H14FNO2. The maximum absolute atomic E-state index is 13.4. The molecule has 4 heteroatoms. The third-order valence-electron chi connectivity index (χ3n) is 3.00. The molecule has 0 aromatic heterocycles. The SMILES string of the molecule is Cc1cccc(C(=O)Nc2cccc(F)c2C)c1O. The molecule has 2 N–H and O–H groups in total. The van der Waals surface area contributed by atoms with E-state index in [2.05, 4.69) is 5.32 Å². The van der Waals surface area contributed by atoms with Crippen LogP contribution in [0.15, 0.2) is 36.4 Å². The molecule has 3 nitrogen and oxygen atoms in total. The van der Waals surface area contributed by atoms with Crippen LogP contribution in [-0.2, 0) is 0 Å². The molecule has 0 aliphatic heterocycles. The Morgan fingerprint density at radius 3 is 2.58 bits per heavy atom. The van der Waals surface area contributed by atoms with Gasteiger partial charge in [-0.1, -0.05) is 18.2 Å². The van der Waals surface area contributed by atoms with Gasteiger partial charge >= 0.3 is 0 Å². The van der Waals surface area contributed by atoms with E-state index in [1.165, 1.54) is 18.2 Å². The Hall–Kier alpha value is -2.36. The van der Waals surface area contributed by atoms with Crippen LogP contribution < -0.4 is 5.32 Å². The summed E-state index contributed by atoms with van der Waals surface area (Å²) in [6.45, 7) is 3.29. The molecule has 0 radical (unpaired) electrons. The Morgan fingerprint density at radius 1 is 1.16 bits per heavy atom. The number of nitrogens with one attached hydrogen (secondary N) is 1. The summed E-state index contributed by atoms with van der Waals surface area (Å²) in [6.07, 6.45) is 0. The van der Waals surface area contributed by atoms with Crippen molar-refractivity contribution in [3.8, 4) is 5.75 Å². The average molecular weight is 259 g/mol. The molecule has 0 unspecified atom stereocenters. The Morgan fingerprint density at radius 2 is 1.84 bits per heavy atom. The number of aromatic hydroxyl groups is 1. The first kappa shape index (κ1) is 13.1. The van der Waals surface area contributed by atoms with Crippen LogP contribution in [0.2, 0.25) is 0 Å². The van der Waals surface area contributed by atoms with E-state index in [0.717, 1.165) is 0 Å². The topological polar surface area (TPSA) is 49.3 Å². The van der Waals surface area contributed by atoms with Crippen molar-refractivity contribution in [1.29, 1.82) is 0 Å². The van der Waals surface area contributed by atoms with Gasteiger partial charge < -0.3 is 10.4 Å². The number of phenolic OH excluding ortho intramolecular Hbond substituents is 1. The average Bonchev–Trinajstić information content (AvgIpc) is 2.38. The van der Waals surface area contributed by atoms with Gasteiger partial charge in [0.05, 0.1) is 5.56 Å². The molecule has 1 amide bonds. The highest BCUT2D eigenvalue weighted by atomic mass is 19.1. The minimum Gasteiger partial charge on any atom is -0.507 e. The van der Waals surface area contributed by atoms with Crippen molar-refractivity contribution in [2.24, 2.45) is 0 Å². The molecule has 0 atom stereocenters. The molecule has 0 aliphatic rings. The lowest BCUT2D eigenvalue weighted by Gasteiger charge is -2.10. The lowest BCUT2D eigenvalue weighted by molar-refractivity contribution is 0.102. The minimum atomic E-state index is -0.463. The zero-order chi connectivity index (χ0) is 14.0. The van der Waals surface area contributed by atoms with E-state index in [9.17, 15) is 14.3 Å². The number of para-hydroxylation sites is 1. The highest BCUT2D eigenvalue weighted by molar-refractivity contribution is 6.06. The number of hydrogen-bond donors (Lipinski definition) is 2. The van der Waals surface area contributed by atoms with Gasteiger partial charge in [0, 0.05) is 11.3 Å². The second-order valence-electron chi connectivity index (χ2n) is 4.34. The largest absolute Gasteiger partial charge is 0.507 e. The second-order valence-corrected chi connectivity index (χ2v) is 4.34. The summed E-state index contributed by atoms with van der Waals surface area (Å²) < 4.78 is 13.4. The van der Waals surface area contributed by atoms with Crippen LogP contribution in [0.1, 0.15) is 21.5 Å². The molecular weight excluding hydrogens is 245 g/mol. The molecule has 0 fully saturated rings. The van der Waals surface area contributed by atoms with Crippen LogP contribution in [0.4, 0.5) is 10.1 Å². The number of carbonyl (C=O) groups is 1. The van der Waals surface area contributed by atoms with E-state index in [1.54, 1.807) is 32.0 Å². The number of benzene rings is 2. The number of aryl methyl sites for hydroxylation is 1. The van der Waals surface area contributed by atoms with E-state index in [-0.39, 0.29) is 17.1 Å². The smallest absolute Gasteiger partial charge is 0.259 e. The zero-order valence-corrected chi connectivity index (χ0v) is 10.7. The molecule has 0 heterocycles. The summed E-state index contributed by atoms with van der Waals surface area (Å²) in [7, 11) is 0. The first-order chi connectivity index (χ1) is 9.00. The van der Waals surface area contributed by atoms with Crippen LogP contribution in [0.25, 0.3) is 0 Å². The van der Waals surface area contributed by atoms with Crippen molar-refractivity contribution in [3.05, 3.63) is 58.9 Å². The van der Waals surface area contributed by atoms with E-state index in [4.69, 9.17) is 0 Å². The van der Waals surface area contributed by atoms with Crippen molar-refractivity contribution < 1.29 is 14.3 Å². The molecule has 0 saturated heterocycles. The molecule has 0 bridgehead atoms. The van der Waals surface area contributed by atoms with Gasteiger partial charge in [0.1, 0.15) is 11.6 Å². The molecule has 2 aromatic carbocycles. The third kappa shape index (κ3) is 2.57. The van der Waals surface area contributed by atoms with Crippen molar-refractivity contribution in [2.75, 3.05) is 5.32 Å². The maximum Gasteiger partial charge on any atom is 0.259 e. The van der Waals surface area contributed by atoms with Crippen LogP contribution >= 0.6 is 0 Å². The number of hydrogen-bond acceptors (Lipinski definition) is 2. The molecule has 0 spiro atoms. The van der Waals surface area contributed by atoms with Gasteiger partial charge in [-0.25, -0.2) is 4.39 Å². The van der Waals surface area contributed by atoms with Crippen molar-refractivity contribution >= 4 is 11.6 Å². The number of rotatable bonds is 2. The molecule has 0 saturated carbocycles. The van der Waals surface area contributed by atoms with Crippen LogP contribution in [0, 0.1) is 19.7 Å². The lowest BCUT2D eigenvalue weighted by Crippen LogP contribution is -2.13. The summed E-state index contributed by atoms with van der Waals surface area (Å²) in [6, 6.07) is 9.38. The molecule has 2 aromatic rings. The highest BCUT2D eigenvalue weighted by Crippen LogP contribution is 2.24. The lowest BCUT2D eigenvalue weighted by atomic mass is 10.1. The fourth-order valence-corrected chi connectivity index (χ4v) is 1.77. The number of amides is 1. The third-order valence-corrected chi connectivity index (χ3v) is 3.00. The Kier molecular flexibility index (Phi) is 3.51. The summed E-state index contributed by atoms with van der Waals surface area (Å²) in [5.74, 6) is -0.907. The normalized spacial score (nSPS) is 10.3. The van der Waals surface area contributed by atoms with E-state index in [1.807, 2.05) is 0 Å². The number of anilines is 1. The Balaban J connectivity index is 2.31. The second kappa shape index (κ2) is 5.10. The van der Waals surface area contributed by atoms with Crippen LogP contribution in [0.3, 0.4) is 0 Å². The number of phenols is 1. The van der Waals surface area contributed by atoms with Crippen molar-refractivity contribution in [2.45, 2.75) is 13.8 Å². The predicted octanol–water partition coefficient (Wildman–Crippen LogP) is 3.40. The maximum atomic E-state index is 13.4. The van der Waals surface area contributed by atoms with Gasteiger partial charge in [0.2, 0.25) is 0 Å². The van der Waals surface area contributed by atoms with Crippen molar-refractivity contribution in [3.63, 3.8) is 0 Å². The van der Waals surface area contributed by atoms with E-state index in [0.29, 0.717) is 16.8 Å². The van der Waals surface area contributed by atoms with Gasteiger partial charge in [0.25, 0.3) is 5.91 Å². The monoisotopic (exact) mass is 259 g/mol. The summed E-state index contributed by atoms with van der Waals surface area (Å²) >= 11 is 0. The summed E-state index contributed by atoms with van der Waals surface area (Å²) in [4.78, 5) is 12.1. The first-order valence-corrected chi connectivity index (χ1v) is 5.85. The molecule has 19 heavy (non-hydrogen) atoms. The predicted molar refractivity (Wildman–Crippen MR) is 71.9 cm³/mol. The van der Waals surface area contributed by atoms with Gasteiger partial charge in [-0.15, -0.1) is 0 Å². The number of carbonyl (C=O) groups excluding carboxylic acids is 1. The van der Waals surface area contributed by atoms with Crippen molar-refractivity contribution in [1.82, 2.24) is 0 Å². The molecule has 2 rings (SSSR count). The fraction of sp³-hybridized carbons (Fsp3) is 0.133. The number of halogens is 1. The fourth-order valence-electron chi connectivity index (χ4n) is 1.77. The highest BCUT2D eigenvalue weighted by Gasteiger charge is 2.14. The van der Waals surface area contributed by atoms with Crippen LogP contribution in [-0.4, -0.2) is 11.0 Å². The molecule has 98 valence electrons. The first-order valence-electron chi connectivity index (χ1n) is 5.85. The zero-order valence-electron chi connectivity index (χ0n) is 10.7.